The van der Waals surface area contributed by atoms with Crippen molar-refractivity contribution in [2.45, 2.75) is 0 Å². The van der Waals surface area contributed by atoms with E-state index in [-0.39, 0.29) is 34.0 Å². The van der Waals surface area contributed by atoms with Crippen LogP contribution in [0.1, 0.15) is 17.0 Å². The van der Waals surface area contributed by atoms with E-state index >= 15 is 0 Å². The van der Waals surface area contributed by atoms with Gasteiger partial charge in [-0.3, -0.25) is 4.98 Å². The van der Waals surface area contributed by atoms with Gasteiger partial charge in [-0.15, -0.1) is 0 Å². The zero-order chi connectivity index (χ0) is 26.5. The summed E-state index contributed by atoms with van der Waals surface area (Å²) < 4.78 is 15.9. The van der Waals surface area contributed by atoms with Crippen LogP contribution in [-0.4, -0.2) is 14.0 Å². The van der Waals surface area contributed by atoms with Crippen LogP contribution in [0, 0.1) is 3.57 Å². The second kappa shape index (κ2) is 9.96. The molecule has 0 radical (unpaired) electrons. The average Bonchev–Trinajstić information content (AvgIpc) is 3.29. The minimum Gasteiger partial charge on any atom is -0.454 e. The Morgan fingerprint density at radius 2 is 1.65 bits per heavy atom. The van der Waals surface area contributed by atoms with Gasteiger partial charge in [-0.2, -0.15) is 0 Å². The molecule has 192 valence electrons. The molecule has 1 aliphatic heterocycles. The van der Waals surface area contributed by atoms with Crippen molar-refractivity contribution in [3.8, 4) is 11.3 Å². The summed E-state index contributed by atoms with van der Waals surface area (Å²) in [6.07, 6.45) is 14.3. The van der Waals surface area contributed by atoms with Gasteiger partial charge in [0.15, 0.2) is 5.58 Å². The molecule has 40 heavy (non-hydrogen) atoms. The van der Waals surface area contributed by atoms with Crippen LogP contribution in [-0.2, 0) is 0 Å². The fraction of sp³-hybridized carbons (Fsp3) is 0. The number of nitrogens with zero attached hydrogens (tertiary/aromatic N) is 2. The molecule has 6 aromatic rings. The minimum absolute atomic E-state index is 0.00413. The predicted octanol–water partition coefficient (Wildman–Crippen LogP) is 5.95. The number of hydrogen-bond acceptors (Lipinski definition) is 4. The summed E-state index contributed by atoms with van der Waals surface area (Å²) in [7, 11) is 0. The van der Waals surface area contributed by atoms with Gasteiger partial charge in [0.05, 0.1) is 0 Å². The van der Waals surface area contributed by atoms with Crippen molar-refractivity contribution >= 4 is 71.0 Å². The van der Waals surface area contributed by atoms with Crippen molar-refractivity contribution in [2.75, 3.05) is 0 Å². The molecule has 0 bridgehead atoms. The summed E-state index contributed by atoms with van der Waals surface area (Å²) in [5.41, 5.74) is 13.0. The number of aromatic nitrogens is 2. The predicted molar refractivity (Wildman–Crippen MR) is 167 cm³/mol. The van der Waals surface area contributed by atoms with Gasteiger partial charge in [0.1, 0.15) is 11.1 Å². The Kier molecular flexibility index (Phi) is 5.97. The number of halogens is 2. The number of fused-ring (bicyclic) bond motifs is 6. The molecule has 4 aromatic heterocycles. The molecule has 0 atom stereocenters. The van der Waals surface area contributed by atoms with E-state index in [4.69, 9.17) is 13.8 Å². The molecule has 5 heterocycles. The van der Waals surface area contributed by atoms with E-state index in [0.717, 1.165) is 67.1 Å². The van der Waals surface area contributed by atoms with Gasteiger partial charge in [0.2, 0.25) is 0 Å². The van der Waals surface area contributed by atoms with Crippen LogP contribution in [0.25, 0.3) is 61.5 Å². The fourth-order valence-corrected chi connectivity index (χ4v) is 13.2. The van der Waals surface area contributed by atoms with Gasteiger partial charge in [0, 0.05) is 11.6 Å². The van der Waals surface area contributed by atoms with Gasteiger partial charge in [-0.05, 0) is 24.3 Å². The molecule has 6 heteroatoms. The molecule has 0 N–H and O–H groups in total. The van der Waals surface area contributed by atoms with E-state index in [1.165, 1.54) is 8.96 Å². The summed E-state index contributed by atoms with van der Waals surface area (Å²) in [5, 5.41) is 2.25. The van der Waals surface area contributed by atoms with Crippen LogP contribution in [0.4, 0.5) is 0 Å². The van der Waals surface area contributed by atoms with E-state index in [0.29, 0.717) is 0 Å². The third-order valence-corrected chi connectivity index (χ3v) is 15.5. The Labute approximate surface area is 246 Å². The zero-order valence-corrected chi connectivity index (χ0v) is 25.3. The third-order valence-electron chi connectivity index (χ3n) is 6.93. The fourth-order valence-electron chi connectivity index (χ4n) is 5.00. The van der Waals surface area contributed by atoms with Gasteiger partial charge in [0.25, 0.3) is 0 Å². The van der Waals surface area contributed by atoms with Crippen molar-refractivity contribution < 1.29 is 26.1 Å². The topological polar surface area (TPSA) is 52.1 Å². The molecule has 1 aliphatic carbocycles. The number of allylic oxidation sites excluding steroid dienone is 6. The monoisotopic (exact) mass is 741 g/mol. The summed E-state index contributed by atoms with van der Waals surface area (Å²) >= 11 is 0.115. The molecule has 2 aromatic carbocycles. The molecule has 0 fully saturated rings. The second-order valence-corrected chi connectivity index (χ2v) is 18.0. The van der Waals surface area contributed by atoms with Gasteiger partial charge >= 0.3 is 180 Å². The third kappa shape index (κ3) is 4.23. The zero-order valence-electron chi connectivity index (χ0n) is 20.9. The van der Waals surface area contributed by atoms with Crippen LogP contribution in [0.2, 0.25) is 0 Å². The molecule has 0 saturated heterocycles. The Morgan fingerprint density at radius 1 is 0.775 bits per heavy atom. The molecular formula is C34H19I2N2O2-. The Balaban J connectivity index is 1.15. The molecule has 0 amide bonds. The maximum absolute atomic E-state index is 6.16. The van der Waals surface area contributed by atoms with Crippen molar-refractivity contribution in [1.29, 1.82) is 0 Å². The van der Waals surface area contributed by atoms with E-state index < -0.39 is 0 Å². The van der Waals surface area contributed by atoms with Gasteiger partial charge < -0.3 is 4.42 Å². The van der Waals surface area contributed by atoms with Crippen molar-refractivity contribution in [3.63, 3.8) is 0 Å². The normalized spacial score (nSPS) is 14.8. The Morgan fingerprint density at radius 3 is 2.62 bits per heavy atom. The van der Waals surface area contributed by atoms with Crippen LogP contribution < -0.4 is 17.2 Å². The van der Waals surface area contributed by atoms with E-state index in [1.807, 2.05) is 24.3 Å². The number of pyridine rings is 2. The quantitative estimate of drug-likeness (QED) is 0.166. The molecule has 0 saturated carbocycles. The van der Waals surface area contributed by atoms with Crippen LogP contribution >= 0.6 is 16.8 Å². The first kappa shape index (κ1) is 24.0. The molecular weight excluding hydrogens is 722 g/mol. The van der Waals surface area contributed by atoms with Crippen molar-refractivity contribution in [1.82, 2.24) is 9.97 Å². The number of benzene rings is 2. The number of furan rings is 2. The van der Waals surface area contributed by atoms with E-state index in [2.05, 4.69) is 93.6 Å². The Bertz CT molecular complexity index is 2190. The summed E-state index contributed by atoms with van der Waals surface area (Å²) in [5.74, 6) is 1.04. The standard InChI is InChI=1S/C34H19I2N2O2/c1-5-21(23-13-15-30-26(19-23)34-32(40-30)10-4-18-37-34)11-12-22(6-1)27-7-2-8-28(38-27)24-14-16-29-25(20-24)33-31(39-29)9-3-17-35-36-33/h1-10,12-20H/q-1. The van der Waals surface area contributed by atoms with Gasteiger partial charge in [-0.1, -0.05) is 6.07 Å². The smallest absolute Gasteiger partial charge is 0.454 e. The van der Waals surface area contributed by atoms with Gasteiger partial charge in [-0.25, -0.2) is 0 Å². The first-order valence-electron chi connectivity index (χ1n) is 12.7. The molecule has 4 nitrogen and oxygen atoms in total. The summed E-state index contributed by atoms with van der Waals surface area (Å²) in [6, 6.07) is 22.7. The first-order chi connectivity index (χ1) is 19.8. The van der Waals surface area contributed by atoms with Crippen molar-refractivity contribution in [2.24, 2.45) is 0 Å². The average molecular weight is 741 g/mol. The minimum atomic E-state index is -0.00413. The van der Waals surface area contributed by atoms with E-state index in [9.17, 15) is 0 Å². The second-order valence-electron chi connectivity index (χ2n) is 9.38. The number of hydrogen-bond donors (Lipinski definition) is 0. The SMILES string of the molecule is C1=CC(c2cccc(-c3ccc4oc5c(c4c3)[I-]I=CC=C5)n2)=CC=CC=1c1ccc2oc3cccnc3c2c1. The Hall–Kier alpha value is -3.85. The molecule has 0 spiro atoms. The first-order valence-corrected chi connectivity index (χ1v) is 21.4. The van der Waals surface area contributed by atoms with E-state index in [1.54, 1.807) is 6.20 Å². The van der Waals surface area contributed by atoms with Crippen molar-refractivity contribution in [3.05, 3.63) is 130 Å². The molecule has 0 unspecified atom stereocenters. The molecule has 8 rings (SSSR count). The summed E-state index contributed by atoms with van der Waals surface area (Å²) in [4.78, 5) is 9.58. The number of rotatable bonds is 3. The molecule has 2 aliphatic rings. The maximum atomic E-state index is 6.16. The van der Waals surface area contributed by atoms with Crippen LogP contribution in [0.15, 0.2) is 118 Å². The summed E-state index contributed by atoms with van der Waals surface area (Å²) in [6.45, 7) is 0. The van der Waals surface area contributed by atoms with Crippen LogP contribution in [0.3, 0.4) is 0 Å². The van der Waals surface area contributed by atoms with Crippen LogP contribution in [0.5, 0.6) is 0 Å².